The third kappa shape index (κ3) is 4.08. The molecule has 26 heavy (non-hydrogen) atoms. The Kier molecular flexibility index (Phi) is 5.83. The summed E-state index contributed by atoms with van der Waals surface area (Å²) in [7, 11) is 0. The molecule has 4 nitrogen and oxygen atoms in total. The summed E-state index contributed by atoms with van der Waals surface area (Å²) in [5.41, 5.74) is 2.01. The minimum atomic E-state index is 0.314. The number of carbonyl (C=O) groups is 1. The lowest BCUT2D eigenvalue weighted by molar-refractivity contribution is -0.135. The number of hydrogen-bond acceptors (Lipinski definition) is 3. The minimum Gasteiger partial charge on any atom is -0.336 e. The first kappa shape index (κ1) is 17.9. The molecule has 0 spiro atoms. The van der Waals surface area contributed by atoms with E-state index in [-0.39, 0.29) is 0 Å². The molecule has 0 radical (unpaired) electrons. The number of benzene rings is 1. The molecule has 0 atom stereocenters. The van der Waals surface area contributed by atoms with Crippen molar-refractivity contribution in [2.24, 2.45) is 0 Å². The molecular weight excluding hydrogens is 342 g/mol. The number of aromatic nitrogens is 2. The van der Waals surface area contributed by atoms with Gasteiger partial charge in [0.1, 0.15) is 0 Å². The number of hydrogen-bond donors (Lipinski definition) is 1. The van der Waals surface area contributed by atoms with Gasteiger partial charge in [-0.05, 0) is 37.8 Å². The fraction of sp³-hybridized carbons (Fsp3) is 0.619. The third-order valence-corrected chi connectivity index (χ3v) is 6.78. The lowest BCUT2D eigenvalue weighted by Gasteiger charge is -2.41. The van der Waals surface area contributed by atoms with E-state index in [1.54, 1.807) is 11.8 Å². The van der Waals surface area contributed by atoms with Crippen molar-refractivity contribution in [3.8, 4) is 0 Å². The summed E-state index contributed by atoms with van der Waals surface area (Å²) in [6.07, 6.45) is 12.5. The van der Waals surface area contributed by atoms with Crippen molar-refractivity contribution in [3.63, 3.8) is 0 Å². The number of amides is 1. The minimum absolute atomic E-state index is 0.314. The molecule has 2 aliphatic carbocycles. The van der Waals surface area contributed by atoms with Gasteiger partial charge < -0.3 is 9.88 Å². The van der Waals surface area contributed by atoms with Gasteiger partial charge in [0.2, 0.25) is 5.91 Å². The van der Waals surface area contributed by atoms with E-state index < -0.39 is 0 Å². The van der Waals surface area contributed by atoms with Crippen molar-refractivity contribution in [3.05, 3.63) is 24.3 Å². The summed E-state index contributed by atoms with van der Waals surface area (Å²) in [5.74, 6) is 0.807. The van der Waals surface area contributed by atoms with Crippen LogP contribution in [0.4, 0.5) is 0 Å². The average Bonchev–Trinajstić information content (AvgIpc) is 3.11. The zero-order valence-electron chi connectivity index (χ0n) is 15.5. The van der Waals surface area contributed by atoms with Gasteiger partial charge in [-0.1, -0.05) is 62.4 Å². The van der Waals surface area contributed by atoms with Crippen molar-refractivity contribution in [2.45, 2.75) is 81.4 Å². The number of fused-ring (bicyclic) bond motifs is 1. The van der Waals surface area contributed by atoms with Crippen LogP contribution in [-0.2, 0) is 4.79 Å². The van der Waals surface area contributed by atoms with E-state index in [2.05, 4.69) is 14.9 Å². The molecular formula is C21H29N3OS. The van der Waals surface area contributed by atoms with Crippen molar-refractivity contribution >= 4 is 28.7 Å². The highest BCUT2D eigenvalue weighted by Gasteiger charge is 2.32. The van der Waals surface area contributed by atoms with Gasteiger partial charge in [-0.25, -0.2) is 4.98 Å². The van der Waals surface area contributed by atoms with Gasteiger partial charge in [-0.3, -0.25) is 4.79 Å². The maximum Gasteiger partial charge on any atom is 0.233 e. The van der Waals surface area contributed by atoms with Gasteiger partial charge in [0.05, 0.1) is 16.8 Å². The third-order valence-electron chi connectivity index (χ3n) is 5.92. The number of thioether (sulfide) groups is 1. The van der Waals surface area contributed by atoms with Gasteiger partial charge in [0.15, 0.2) is 5.16 Å². The van der Waals surface area contributed by atoms with E-state index in [4.69, 9.17) is 0 Å². The number of nitrogens with one attached hydrogen (secondary N) is 1. The molecule has 1 heterocycles. The molecule has 2 fully saturated rings. The molecule has 1 aromatic carbocycles. The number of aromatic amines is 1. The Morgan fingerprint density at radius 1 is 1.00 bits per heavy atom. The predicted octanol–water partition coefficient (Wildman–Crippen LogP) is 5.15. The zero-order valence-corrected chi connectivity index (χ0v) is 16.3. The average molecular weight is 372 g/mol. The van der Waals surface area contributed by atoms with E-state index in [9.17, 15) is 4.79 Å². The molecule has 0 saturated heterocycles. The standard InChI is InChI=1S/C21H29N3OS/c25-20(15-26-21-22-18-13-7-8-14-19(18)23-21)24(16-9-3-1-4-10-16)17-11-5-2-6-12-17/h7-8,13-14,16-17H,1-6,9-12,15H2,(H,22,23). The number of imidazole rings is 1. The molecule has 0 unspecified atom stereocenters. The molecule has 2 aromatic rings. The van der Waals surface area contributed by atoms with Gasteiger partial charge in [0, 0.05) is 12.1 Å². The maximum absolute atomic E-state index is 13.2. The van der Waals surface area contributed by atoms with Crippen LogP contribution in [0.15, 0.2) is 29.4 Å². The Morgan fingerprint density at radius 3 is 2.23 bits per heavy atom. The van der Waals surface area contributed by atoms with E-state index in [0.29, 0.717) is 23.7 Å². The molecule has 2 aliphatic rings. The van der Waals surface area contributed by atoms with Crippen LogP contribution in [-0.4, -0.2) is 38.6 Å². The van der Waals surface area contributed by atoms with Crippen LogP contribution in [0.5, 0.6) is 0 Å². The normalized spacial score (nSPS) is 19.7. The van der Waals surface area contributed by atoms with Crippen molar-refractivity contribution in [1.29, 1.82) is 0 Å². The van der Waals surface area contributed by atoms with Crippen LogP contribution in [0.25, 0.3) is 11.0 Å². The fourth-order valence-electron chi connectivity index (χ4n) is 4.63. The Morgan fingerprint density at radius 2 is 1.62 bits per heavy atom. The first-order chi connectivity index (χ1) is 12.8. The van der Waals surface area contributed by atoms with E-state index in [0.717, 1.165) is 16.2 Å². The lowest BCUT2D eigenvalue weighted by Crippen LogP contribution is -2.49. The van der Waals surface area contributed by atoms with E-state index in [1.807, 2.05) is 24.3 Å². The lowest BCUT2D eigenvalue weighted by atomic mass is 9.88. The second-order valence-corrected chi connectivity index (χ2v) is 8.70. The number of carbonyl (C=O) groups excluding carboxylic acids is 1. The van der Waals surface area contributed by atoms with Crippen LogP contribution in [0.2, 0.25) is 0 Å². The molecule has 1 amide bonds. The van der Waals surface area contributed by atoms with Gasteiger partial charge in [-0.2, -0.15) is 0 Å². The molecule has 2 saturated carbocycles. The summed E-state index contributed by atoms with van der Waals surface area (Å²) in [6, 6.07) is 8.98. The second kappa shape index (κ2) is 8.47. The molecule has 1 aromatic heterocycles. The van der Waals surface area contributed by atoms with Gasteiger partial charge in [0.25, 0.3) is 0 Å². The van der Waals surface area contributed by atoms with Crippen LogP contribution < -0.4 is 0 Å². The number of para-hydroxylation sites is 2. The van der Waals surface area contributed by atoms with Gasteiger partial charge in [-0.15, -0.1) is 0 Å². The highest BCUT2D eigenvalue weighted by molar-refractivity contribution is 7.99. The van der Waals surface area contributed by atoms with E-state index >= 15 is 0 Å². The number of rotatable bonds is 5. The summed E-state index contributed by atoms with van der Waals surface area (Å²) in [5, 5.41) is 0.854. The quantitative estimate of drug-likeness (QED) is 0.740. The highest BCUT2D eigenvalue weighted by Crippen LogP contribution is 2.31. The van der Waals surface area contributed by atoms with Gasteiger partial charge >= 0.3 is 0 Å². The monoisotopic (exact) mass is 371 g/mol. The van der Waals surface area contributed by atoms with Crippen molar-refractivity contribution in [2.75, 3.05) is 5.75 Å². The first-order valence-corrected chi connectivity index (χ1v) is 11.2. The van der Waals surface area contributed by atoms with Crippen molar-refractivity contribution < 1.29 is 4.79 Å². The van der Waals surface area contributed by atoms with Crippen LogP contribution in [0, 0.1) is 0 Å². The fourth-order valence-corrected chi connectivity index (χ4v) is 5.38. The second-order valence-electron chi connectivity index (χ2n) is 7.73. The summed E-state index contributed by atoms with van der Waals surface area (Å²) in [4.78, 5) is 23.4. The highest BCUT2D eigenvalue weighted by atomic mass is 32.2. The first-order valence-electron chi connectivity index (χ1n) is 10.2. The Balaban J connectivity index is 1.44. The topological polar surface area (TPSA) is 49.0 Å². The summed E-state index contributed by atoms with van der Waals surface area (Å²) < 4.78 is 0. The largest absolute Gasteiger partial charge is 0.336 e. The zero-order chi connectivity index (χ0) is 17.8. The Bertz CT molecular complexity index is 681. The number of H-pyrrole nitrogens is 1. The molecule has 0 bridgehead atoms. The molecule has 1 N–H and O–H groups in total. The SMILES string of the molecule is O=C(CSc1nc2ccccc2[nH]1)N(C1CCCCC1)C1CCCCC1. The van der Waals surface area contributed by atoms with Crippen LogP contribution in [0.1, 0.15) is 64.2 Å². The molecule has 0 aliphatic heterocycles. The molecule has 4 rings (SSSR count). The molecule has 5 heteroatoms. The van der Waals surface area contributed by atoms with E-state index in [1.165, 1.54) is 64.2 Å². The predicted molar refractivity (Wildman–Crippen MR) is 107 cm³/mol. The Labute approximate surface area is 160 Å². The van der Waals surface area contributed by atoms with Crippen LogP contribution in [0.3, 0.4) is 0 Å². The summed E-state index contributed by atoms with van der Waals surface area (Å²) in [6.45, 7) is 0. The number of nitrogens with zero attached hydrogens (tertiary/aromatic N) is 2. The smallest absolute Gasteiger partial charge is 0.233 e. The maximum atomic E-state index is 13.2. The molecule has 140 valence electrons. The Hall–Kier alpha value is -1.49. The van der Waals surface area contributed by atoms with Crippen molar-refractivity contribution in [1.82, 2.24) is 14.9 Å². The van der Waals surface area contributed by atoms with Crippen LogP contribution >= 0.6 is 11.8 Å². The summed E-state index contributed by atoms with van der Waals surface area (Å²) >= 11 is 1.55.